The van der Waals surface area contributed by atoms with Gasteiger partial charge in [-0.25, -0.2) is 8.42 Å². The minimum Gasteiger partial charge on any atom is -0.356 e. The fourth-order valence-electron chi connectivity index (χ4n) is 3.38. The molecule has 2 aliphatic rings. The van der Waals surface area contributed by atoms with Gasteiger partial charge in [0.15, 0.2) is 5.96 Å². The summed E-state index contributed by atoms with van der Waals surface area (Å²) in [6, 6.07) is 0. The van der Waals surface area contributed by atoms with E-state index in [-0.39, 0.29) is 23.6 Å². The molecular formula is C16H26N6O3S. The zero-order chi connectivity index (χ0) is 18.9. The van der Waals surface area contributed by atoms with Crippen molar-refractivity contribution in [2.75, 3.05) is 50.1 Å². The maximum absolute atomic E-state index is 12.5. The average molecular weight is 382 g/mol. The highest BCUT2D eigenvalue weighted by Crippen LogP contribution is 2.46. The van der Waals surface area contributed by atoms with Crippen molar-refractivity contribution in [2.45, 2.75) is 12.8 Å². The van der Waals surface area contributed by atoms with E-state index in [1.165, 1.54) is 6.26 Å². The first kappa shape index (κ1) is 18.7. The van der Waals surface area contributed by atoms with Crippen LogP contribution in [-0.2, 0) is 21.7 Å². The topological polar surface area (TPSA) is 99.9 Å². The average Bonchev–Trinajstić information content (AvgIpc) is 3.16. The van der Waals surface area contributed by atoms with Gasteiger partial charge in [-0.3, -0.25) is 14.5 Å². The summed E-state index contributed by atoms with van der Waals surface area (Å²) >= 11 is 0. The van der Waals surface area contributed by atoms with E-state index >= 15 is 0 Å². The van der Waals surface area contributed by atoms with Crippen molar-refractivity contribution >= 4 is 27.4 Å². The van der Waals surface area contributed by atoms with Crippen molar-refractivity contribution in [3.8, 4) is 0 Å². The van der Waals surface area contributed by atoms with Crippen molar-refractivity contribution < 1.29 is 13.2 Å². The second-order valence-corrected chi connectivity index (χ2v) is 9.45. The van der Waals surface area contributed by atoms with E-state index in [2.05, 4.69) is 15.4 Å². The molecule has 0 bridgehead atoms. The number of guanidine groups is 1. The Morgan fingerprint density at radius 2 is 2.12 bits per heavy atom. The van der Waals surface area contributed by atoms with E-state index in [4.69, 9.17) is 0 Å². The van der Waals surface area contributed by atoms with E-state index < -0.39 is 9.84 Å². The molecule has 1 saturated heterocycles. The van der Waals surface area contributed by atoms with E-state index in [1.54, 1.807) is 22.8 Å². The molecule has 1 aromatic heterocycles. The number of aromatic nitrogens is 2. The number of aryl methyl sites for hydroxylation is 1. The van der Waals surface area contributed by atoms with Crippen LogP contribution < -0.4 is 10.2 Å². The van der Waals surface area contributed by atoms with Gasteiger partial charge >= 0.3 is 0 Å². The van der Waals surface area contributed by atoms with E-state index in [9.17, 15) is 13.2 Å². The molecule has 1 N–H and O–H groups in total. The second kappa shape index (κ2) is 6.90. The Balaban J connectivity index is 1.58. The fourth-order valence-corrected chi connectivity index (χ4v) is 4.88. The molecular weight excluding hydrogens is 356 g/mol. The molecule has 9 nitrogen and oxygen atoms in total. The first-order valence-corrected chi connectivity index (χ1v) is 10.7. The Hall–Kier alpha value is -2.10. The van der Waals surface area contributed by atoms with Gasteiger partial charge in [0.2, 0.25) is 5.91 Å². The first-order chi connectivity index (χ1) is 12.2. The van der Waals surface area contributed by atoms with Crippen LogP contribution in [0, 0.1) is 5.41 Å². The largest absolute Gasteiger partial charge is 0.356 e. The highest BCUT2D eigenvalue weighted by atomic mass is 32.2. The summed E-state index contributed by atoms with van der Waals surface area (Å²) in [5.74, 6) is 0.825. The molecule has 26 heavy (non-hydrogen) atoms. The van der Waals surface area contributed by atoms with Crippen LogP contribution in [0.3, 0.4) is 0 Å². The summed E-state index contributed by atoms with van der Waals surface area (Å²) in [5.41, 5.74) is 0.607. The predicted octanol–water partition coefficient (Wildman–Crippen LogP) is -0.531. The summed E-state index contributed by atoms with van der Waals surface area (Å²) in [6.45, 7) is 2.00. The predicted molar refractivity (Wildman–Crippen MR) is 99.9 cm³/mol. The molecule has 2 fully saturated rings. The normalized spacial score (nSPS) is 20.4. The van der Waals surface area contributed by atoms with Gasteiger partial charge in [-0.05, 0) is 12.8 Å². The van der Waals surface area contributed by atoms with Gasteiger partial charge < -0.3 is 15.1 Å². The second-order valence-electron chi connectivity index (χ2n) is 7.31. The number of nitrogens with one attached hydrogen (secondary N) is 1. The number of carbonyl (C=O) groups is 1. The third-order valence-corrected chi connectivity index (χ3v) is 6.02. The van der Waals surface area contributed by atoms with Crippen LogP contribution in [-0.4, -0.2) is 80.2 Å². The van der Waals surface area contributed by atoms with Crippen molar-refractivity contribution in [1.82, 2.24) is 20.0 Å². The molecule has 144 valence electrons. The van der Waals surface area contributed by atoms with Crippen LogP contribution in [0.2, 0.25) is 0 Å². The van der Waals surface area contributed by atoms with Gasteiger partial charge in [-0.1, -0.05) is 0 Å². The Labute approximate surface area is 154 Å². The number of carbonyl (C=O) groups excluding carboxylic acids is 1. The summed E-state index contributed by atoms with van der Waals surface area (Å²) < 4.78 is 24.9. The molecule has 1 saturated carbocycles. The molecule has 1 aliphatic heterocycles. The monoisotopic (exact) mass is 382 g/mol. The lowest BCUT2D eigenvalue weighted by atomic mass is 10.1. The molecule has 3 rings (SSSR count). The van der Waals surface area contributed by atoms with Crippen LogP contribution in [0.25, 0.3) is 0 Å². The number of anilines is 1. The van der Waals surface area contributed by atoms with Crippen LogP contribution in [0.15, 0.2) is 17.4 Å². The third kappa shape index (κ3) is 4.35. The van der Waals surface area contributed by atoms with Crippen LogP contribution in [0.4, 0.5) is 5.69 Å². The van der Waals surface area contributed by atoms with Crippen LogP contribution >= 0.6 is 0 Å². The lowest BCUT2D eigenvalue weighted by Gasteiger charge is -2.35. The number of rotatable bonds is 5. The minimum absolute atomic E-state index is 0.00975. The Morgan fingerprint density at radius 3 is 2.62 bits per heavy atom. The molecule has 0 aromatic carbocycles. The zero-order valence-electron chi connectivity index (χ0n) is 15.5. The van der Waals surface area contributed by atoms with Crippen molar-refractivity contribution in [1.29, 1.82) is 0 Å². The van der Waals surface area contributed by atoms with Crippen molar-refractivity contribution in [2.24, 2.45) is 17.5 Å². The number of nitrogens with zero attached hydrogens (tertiary/aromatic N) is 5. The number of sulfone groups is 1. The van der Waals surface area contributed by atoms with E-state index in [0.717, 1.165) is 18.5 Å². The SMILES string of the molecule is CN=C(NCC1(CS(C)(=O)=O)CC1)N1CCN(c2cnn(C)c2)C(=O)C1. The van der Waals surface area contributed by atoms with Crippen molar-refractivity contribution in [3.05, 3.63) is 12.4 Å². The standard InChI is InChI=1S/C16H26N6O3S/c1-17-15(18-11-16(4-5-16)12-26(3,24)25)21-6-7-22(14(23)10-21)13-8-19-20(2)9-13/h8-9H,4-7,10-12H2,1-3H3,(H,17,18). The fraction of sp³-hybridized carbons (Fsp3) is 0.688. The molecule has 0 spiro atoms. The Kier molecular flexibility index (Phi) is 4.96. The molecule has 1 aromatic rings. The molecule has 1 aliphatic carbocycles. The highest BCUT2D eigenvalue weighted by Gasteiger charge is 2.45. The van der Waals surface area contributed by atoms with Gasteiger partial charge in [0, 0.05) is 51.6 Å². The summed E-state index contributed by atoms with van der Waals surface area (Å²) in [6.07, 6.45) is 6.58. The maximum atomic E-state index is 12.5. The summed E-state index contributed by atoms with van der Waals surface area (Å²) in [4.78, 5) is 20.4. The van der Waals surface area contributed by atoms with Gasteiger partial charge in [-0.15, -0.1) is 0 Å². The number of piperazine rings is 1. The van der Waals surface area contributed by atoms with Gasteiger partial charge in [0.25, 0.3) is 0 Å². The smallest absolute Gasteiger partial charge is 0.246 e. The van der Waals surface area contributed by atoms with Crippen LogP contribution in [0.1, 0.15) is 12.8 Å². The number of hydrogen-bond donors (Lipinski definition) is 1. The number of hydrogen-bond acceptors (Lipinski definition) is 5. The Morgan fingerprint density at radius 1 is 1.38 bits per heavy atom. The molecule has 2 heterocycles. The van der Waals surface area contributed by atoms with Gasteiger partial charge in [0.1, 0.15) is 16.4 Å². The molecule has 10 heteroatoms. The zero-order valence-corrected chi connectivity index (χ0v) is 16.3. The van der Waals surface area contributed by atoms with Gasteiger partial charge in [0.05, 0.1) is 17.6 Å². The highest BCUT2D eigenvalue weighted by molar-refractivity contribution is 7.90. The lowest BCUT2D eigenvalue weighted by molar-refractivity contribution is -0.120. The summed E-state index contributed by atoms with van der Waals surface area (Å²) in [5, 5.41) is 7.38. The van der Waals surface area contributed by atoms with E-state index in [0.29, 0.717) is 25.6 Å². The van der Waals surface area contributed by atoms with Crippen LogP contribution in [0.5, 0.6) is 0 Å². The van der Waals surface area contributed by atoms with E-state index in [1.807, 2.05) is 18.1 Å². The first-order valence-electron chi connectivity index (χ1n) is 8.64. The maximum Gasteiger partial charge on any atom is 0.246 e. The molecule has 0 radical (unpaired) electrons. The number of aliphatic imine (C=N–C) groups is 1. The third-order valence-electron chi connectivity index (χ3n) is 4.88. The van der Waals surface area contributed by atoms with Crippen molar-refractivity contribution in [3.63, 3.8) is 0 Å². The number of amides is 1. The van der Waals surface area contributed by atoms with Gasteiger partial charge in [-0.2, -0.15) is 5.10 Å². The summed E-state index contributed by atoms with van der Waals surface area (Å²) in [7, 11) is 0.491. The lowest BCUT2D eigenvalue weighted by Crippen LogP contribution is -2.56. The molecule has 1 amide bonds. The minimum atomic E-state index is -3.01. The molecule has 0 unspecified atom stereocenters. The molecule has 0 atom stereocenters. The Bertz CT molecular complexity index is 812. The quantitative estimate of drug-likeness (QED) is 0.543.